The van der Waals surface area contributed by atoms with Crippen LogP contribution in [0.25, 0.3) is 10.9 Å². The molecule has 2 aromatic rings. The minimum atomic E-state index is -0.361. The molecule has 2 aliphatic rings. The van der Waals surface area contributed by atoms with Crippen molar-refractivity contribution in [1.29, 1.82) is 0 Å². The molecular formula is C20H24FN3O2S. The lowest BCUT2D eigenvalue weighted by Gasteiger charge is -2.25. The molecule has 0 spiro atoms. The van der Waals surface area contributed by atoms with Crippen LogP contribution in [0.15, 0.2) is 24.4 Å². The Hall–Kier alpha value is -2.02. The second-order valence-corrected chi connectivity index (χ2v) is 8.35. The number of benzene rings is 1. The van der Waals surface area contributed by atoms with E-state index in [4.69, 9.17) is 0 Å². The number of aromatic amines is 1. The number of nitrogens with zero attached hydrogens (tertiary/aromatic N) is 1. The standard InChI is InChI=1S/C20H24FN3O2S/c21-15-5-6-16-14(10-23-17(16)9-15)7-8-22-19(25)18-11-27-12-24(18)20(26)13-3-1-2-4-13/h5-6,9-10,13,18,23H,1-4,7-8,11-12H2,(H,22,25). The van der Waals surface area contributed by atoms with Gasteiger partial charge in [-0.3, -0.25) is 9.59 Å². The van der Waals surface area contributed by atoms with Crippen LogP contribution in [0.2, 0.25) is 0 Å². The fraction of sp³-hybridized carbons (Fsp3) is 0.500. The number of nitrogens with one attached hydrogen (secondary N) is 2. The molecule has 0 radical (unpaired) electrons. The van der Waals surface area contributed by atoms with Gasteiger partial charge in [0.2, 0.25) is 11.8 Å². The highest BCUT2D eigenvalue weighted by Gasteiger charge is 2.38. The number of hydrogen-bond donors (Lipinski definition) is 2. The molecule has 5 nitrogen and oxygen atoms in total. The number of amides is 2. The third-order valence-corrected chi connectivity index (χ3v) is 6.61. The Balaban J connectivity index is 1.33. The summed E-state index contributed by atoms with van der Waals surface area (Å²) in [5.41, 5.74) is 1.81. The smallest absolute Gasteiger partial charge is 0.243 e. The monoisotopic (exact) mass is 389 g/mol. The van der Waals surface area contributed by atoms with Crippen LogP contribution in [-0.4, -0.2) is 45.9 Å². The van der Waals surface area contributed by atoms with Gasteiger partial charge in [0.25, 0.3) is 0 Å². The fourth-order valence-corrected chi connectivity index (χ4v) is 5.25. The molecule has 1 saturated carbocycles. The van der Waals surface area contributed by atoms with Gasteiger partial charge in [-0.05, 0) is 43.0 Å². The van der Waals surface area contributed by atoms with Gasteiger partial charge in [-0.2, -0.15) is 0 Å². The Labute approximate surface area is 162 Å². The van der Waals surface area contributed by atoms with E-state index in [0.717, 1.165) is 42.1 Å². The summed E-state index contributed by atoms with van der Waals surface area (Å²) in [6, 6.07) is 4.31. The minimum Gasteiger partial charge on any atom is -0.361 e. The van der Waals surface area contributed by atoms with Gasteiger partial charge in [-0.1, -0.05) is 12.8 Å². The lowest BCUT2D eigenvalue weighted by Crippen LogP contribution is -2.49. The number of carbonyl (C=O) groups excluding carboxylic acids is 2. The summed E-state index contributed by atoms with van der Waals surface area (Å²) in [7, 11) is 0. The van der Waals surface area contributed by atoms with E-state index < -0.39 is 0 Å². The maximum atomic E-state index is 13.3. The summed E-state index contributed by atoms with van der Waals surface area (Å²) < 4.78 is 13.3. The van der Waals surface area contributed by atoms with Gasteiger partial charge >= 0.3 is 0 Å². The van der Waals surface area contributed by atoms with Crippen molar-refractivity contribution in [3.05, 3.63) is 35.8 Å². The first kappa shape index (κ1) is 18.3. The van der Waals surface area contributed by atoms with Crippen LogP contribution >= 0.6 is 11.8 Å². The molecule has 2 fully saturated rings. The highest BCUT2D eigenvalue weighted by atomic mass is 32.2. The number of fused-ring (bicyclic) bond motifs is 1. The maximum Gasteiger partial charge on any atom is 0.243 e. The van der Waals surface area contributed by atoms with Crippen molar-refractivity contribution in [2.75, 3.05) is 18.2 Å². The van der Waals surface area contributed by atoms with Gasteiger partial charge in [0.05, 0.1) is 5.88 Å². The van der Waals surface area contributed by atoms with E-state index >= 15 is 0 Å². The zero-order chi connectivity index (χ0) is 18.8. The van der Waals surface area contributed by atoms with Crippen molar-refractivity contribution in [3.8, 4) is 0 Å². The van der Waals surface area contributed by atoms with Crippen LogP contribution < -0.4 is 5.32 Å². The lowest BCUT2D eigenvalue weighted by molar-refractivity contribution is -0.141. The molecule has 1 aromatic carbocycles. The van der Waals surface area contributed by atoms with Crippen LogP contribution in [0.5, 0.6) is 0 Å². The van der Waals surface area contributed by atoms with E-state index in [9.17, 15) is 14.0 Å². The summed E-state index contributed by atoms with van der Waals surface area (Å²) in [5.74, 6) is 1.19. The van der Waals surface area contributed by atoms with Gasteiger partial charge in [0.1, 0.15) is 11.9 Å². The number of rotatable bonds is 5. The first-order chi connectivity index (χ1) is 13.1. The van der Waals surface area contributed by atoms with Gasteiger partial charge in [-0.15, -0.1) is 11.8 Å². The number of halogens is 1. The highest BCUT2D eigenvalue weighted by Crippen LogP contribution is 2.30. The molecule has 144 valence electrons. The molecule has 1 atom stereocenters. The predicted molar refractivity (Wildman–Crippen MR) is 105 cm³/mol. The van der Waals surface area contributed by atoms with Crippen LogP contribution in [0, 0.1) is 11.7 Å². The molecule has 1 aliphatic heterocycles. The van der Waals surface area contributed by atoms with Crippen molar-refractivity contribution >= 4 is 34.5 Å². The number of thioether (sulfide) groups is 1. The van der Waals surface area contributed by atoms with Gasteiger partial charge < -0.3 is 15.2 Å². The third-order valence-electron chi connectivity index (χ3n) is 5.60. The molecule has 1 aliphatic carbocycles. The van der Waals surface area contributed by atoms with Gasteiger partial charge in [-0.25, -0.2) is 4.39 Å². The maximum absolute atomic E-state index is 13.3. The first-order valence-electron chi connectivity index (χ1n) is 9.55. The van der Waals surface area contributed by atoms with E-state index in [0.29, 0.717) is 24.6 Å². The third kappa shape index (κ3) is 3.83. The quantitative estimate of drug-likeness (QED) is 0.826. The van der Waals surface area contributed by atoms with E-state index in [1.807, 2.05) is 6.20 Å². The van der Waals surface area contributed by atoms with Crippen molar-refractivity contribution in [2.24, 2.45) is 5.92 Å². The molecule has 2 N–H and O–H groups in total. The van der Waals surface area contributed by atoms with Gasteiger partial charge in [0.15, 0.2) is 0 Å². The van der Waals surface area contributed by atoms with Crippen molar-refractivity contribution < 1.29 is 14.0 Å². The molecule has 7 heteroatoms. The zero-order valence-electron chi connectivity index (χ0n) is 15.2. The second-order valence-electron chi connectivity index (χ2n) is 7.35. The van der Waals surface area contributed by atoms with E-state index in [2.05, 4.69) is 10.3 Å². The highest BCUT2D eigenvalue weighted by molar-refractivity contribution is 7.99. The first-order valence-corrected chi connectivity index (χ1v) is 10.7. The molecule has 27 heavy (non-hydrogen) atoms. The average Bonchev–Trinajstić information content (AvgIpc) is 3.41. The predicted octanol–water partition coefficient (Wildman–Crippen LogP) is 3.06. The van der Waals surface area contributed by atoms with E-state index in [-0.39, 0.29) is 29.6 Å². The normalized spacial score (nSPS) is 20.5. The van der Waals surface area contributed by atoms with Crippen LogP contribution in [-0.2, 0) is 16.0 Å². The van der Waals surface area contributed by atoms with E-state index in [1.165, 1.54) is 12.1 Å². The molecule has 1 saturated heterocycles. The number of hydrogen-bond acceptors (Lipinski definition) is 3. The molecular weight excluding hydrogens is 365 g/mol. The molecule has 0 bridgehead atoms. The Morgan fingerprint density at radius 2 is 2.11 bits per heavy atom. The average molecular weight is 389 g/mol. The summed E-state index contributed by atoms with van der Waals surface area (Å²) in [6.45, 7) is 0.496. The molecule has 2 amide bonds. The number of carbonyl (C=O) groups is 2. The van der Waals surface area contributed by atoms with Crippen LogP contribution in [0.3, 0.4) is 0 Å². The molecule has 4 rings (SSSR count). The Kier molecular flexibility index (Phi) is 5.38. The Morgan fingerprint density at radius 3 is 2.93 bits per heavy atom. The SMILES string of the molecule is O=C(NCCc1c[nH]c2cc(F)ccc12)C1CSCN1C(=O)C1CCCC1. The molecule has 2 heterocycles. The van der Waals surface area contributed by atoms with Crippen LogP contribution in [0.4, 0.5) is 4.39 Å². The van der Waals surface area contributed by atoms with E-state index in [1.54, 1.807) is 22.7 Å². The summed E-state index contributed by atoms with van der Waals surface area (Å²) >= 11 is 1.64. The van der Waals surface area contributed by atoms with Crippen molar-refractivity contribution in [3.63, 3.8) is 0 Å². The number of H-pyrrole nitrogens is 1. The Morgan fingerprint density at radius 1 is 1.30 bits per heavy atom. The molecule has 1 unspecified atom stereocenters. The number of aromatic nitrogens is 1. The lowest BCUT2D eigenvalue weighted by atomic mass is 10.1. The van der Waals surface area contributed by atoms with Gasteiger partial charge in [0, 0.05) is 35.3 Å². The second kappa shape index (κ2) is 7.92. The summed E-state index contributed by atoms with van der Waals surface area (Å²) in [5, 5.41) is 3.95. The van der Waals surface area contributed by atoms with Crippen molar-refractivity contribution in [2.45, 2.75) is 38.1 Å². The Bertz CT molecular complexity index is 847. The summed E-state index contributed by atoms with van der Waals surface area (Å²) in [4.78, 5) is 30.2. The molecule has 1 aromatic heterocycles. The topological polar surface area (TPSA) is 65.2 Å². The minimum absolute atomic E-state index is 0.0720. The largest absolute Gasteiger partial charge is 0.361 e. The zero-order valence-corrected chi connectivity index (χ0v) is 16.0. The van der Waals surface area contributed by atoms with Crippen LogP contribution in [0.1, 0.15) is 31.2 Å². The van der Waals surface area contributed by atoms with Crippen molar-refractivity contribution in [1.82, 2.24) is 15.2 Å². The summed E-state index contributed by atoms with van der Waals surface area (Å²) in [6.07, 6.45) is 6.65. The fourth-order valence-electron chi connectivity index (χ4n) is 4.09.